The molecular formula is C19H18N2O4S. The summed E-state index contributed by atoms with van der Waals surface area (Å²) in [6.45, 7) is 1.30. The van der Waals surface area contributed by atoms with Gasteiger partial charge in [-0.1, -0.05) is 6.07 Å². The highest BCUT2D eigenvalue weighted by Gasteiger charge is 2.22. The van der Waals surface area contributed by atoms with E-state index in [1.807, 2.05) is 0 Å². The second-order valence-corrected chi connectivity index (χ2v) is 7.28. The molecule has 0 atom stereocenters. The molecule has 2 aromatic rings. The average molecular weight is 370 g/mol. The van der Waals surface area contributed by atoms with Gasteiger partial charge in [0.2, 0.25) is 0 Å². The number of phenols is 1. The lowest BCUT2D eigenvalue weighted by Gasteiger charge is -2.09. The molecule has 0 aliphatic heterocycles. The van der Waals surface area contributed by atoms with Crippen LogP contribution in [0.5, 0.6) is 5.75 Å². The highest BCUT2D eigenvalue weighted by Crippen LogP contribution is 2.37. The van der Waals surface area contributed by atoms with E-state index < -0.39 is 18.5 Å². The Morgan fingerprint density at radius 1 is 1.35 bits per heavy atom. The van der Waals surface area contributed by atoms with E-state index in [0.717, 1.165) is 41.7 Å². The van der Waals surface area contributed by atoms with Crippen molar-refractivity contribution in [2.45, 2.75) is 32.6 Å². The van der Waals surface area contributed by atoms with E-state index in [0.29, 0.717) is 10.6 Å². The first-order chi connectivity index (χ1) is 12.5. The Balaban J connectivity index is 1.64. The Morgan fingerprint density at radius 2 is 2.12 bits per heavy atom. The summed E-state index contributed by atoms with van der Waals surface area (Å²) in [7, 11) is 0. The van der Waals surface area contributed by atoms with Crippen LogP contribution in [0.15, 0.2) is 18.2 Å². The van der Waals surface area contributed by atoms with Crippen LogP contribution in [-0.2, 0) is 22.4 Å². The number of hydrogen-bond donors (Lipinski definition) is 2. The summed E-state index contributed by atoms with van der Waals surface area (Å²) < 4.78 is 4.97. The number of nitrogens with one attached hydrogen (secondary N) is 1. The van der Waals surface area contributed by atoms with Gasteiger partial charge in [-0.2, -0.15) is 5.26 Å². The van der Waals surface area contributed by atoms with E-state index in [2.05, 4.69) is 11.4 Å². The standard InChI is InChI=1S/C19H18N2O4S/c1-11-6-7-13(15(22)8-11)19(24)25-10-17(23)21-18-14(9-20)12-4-2-3-5-16(12)26-18/h6-8,22H,2-5,10H2,1H3,(H,21,23). The van der Waals surface area contributed by atoms with E-state index >= 15 is 0 Å². The quantitative estimate of drug-likeness (QED) is 0.805. The van der Waals surface area contributed by atoms with Crippen molar-refractivity contribution in [1.29, 1.82) is 5.26 Å². The first-order valence-electron chi connectivity index (χ1n) is 8.31. The number of benzene rings is 1. The summed E-state index contributed by atoms with van der Waals surface area (Å²) in [6.07, 6.45) is 3.91. The summed E-state index contributed by atoms with van der Waals surface area (Å²) in [5, 5.41) is 22.4. The number of rotatable bonds is 4. The van der Waals surface area contributed by atoms with Gasteiger partial charge >= 0.3 is 5.97 Å². The summed E-state index contributed by atoms with van der Waals surface area (Å²) in [5.74, 6) is -1.48. The lowest BCUT2D eigenvalue weighted by molar-refractivity contribution is -0.119. The van der Waals surface area contributed by atoms with Crippen molar-refractivity contribution in [2.75, 3.05) is 11.9 Å². The summed E-state index contributed by atoms with van der Waals surface area (Å²) >= 11 is 1.41. The molecule has 1 aromatic carbocycles. The average Bonchev–Trinajstić information content (AvgIpc) is 2.96. The number of phenolic OH excluding ortho intramolecular Hbond substituents is 1. The fraction of sp³-hybridized carbons (Fsp3) is 0.316. The lowest BCUT2D eigenvalue weighted by atomic mass is 9.96. The third-order valence-corrected chi connectivity index (χ3v) is 5.45. The Morgan fingerprint density at radius 3 is 2.85 bits per heavy atom. The number of ether oxygens (including phenoxy) is 1. The normalized spacial score (nSPS) is 12.8. The molecular weight excluding hydrogens is 352 g/mol. The van der Waals surface area contributed by atoms with E-state index in [1.165, 1.54) is 23.5 Å². The zero-order valence-corrected chi connectivity index (χ0v) is 15.1. The van der Waals surface area contributed by atoms with Gasteiger partial charge in [-0.3, -0.25) is 4.79 Å². The van der Waals surface area contributed by atoms with Crippen molar-refractivity contribution in [2.24, 2.45) is 0 Å². The van der Waals surface area contributed by atoms with Gasteiger partial charge in [-0.15, -0.1) is 11.3 Å². The van der Waals surface area contributed by atoms with E-state index in [9.17, 15) is 20.0 Å². The molecule has 0 radical (unpaired) electrons. The maximum absolute atomic E-state index is 12.1. The first kappa shape index (κ1) is 18.0. The van der Waals surface area contributed by atoms with Crippen LogP contribution in [0.4, 0.5) is 5.00 Å². The third kappa shape index (κ3) is 3.70. The molecule has 0 fully saturated rings. The molecule has 1 aromatic heterocycles. The number of aryl methyl sites for hydroxylation is 2. The second-order valence-electron chi connectivity index (χ2n) is 6.17. The van der Waals surface area contributed by atoms with Crippen molar-refractivity contribution < 1.29 is 19.4 Å². The van der Waals surface area contributed by atoms with Crippen molar-refractivity contribution >= 4 is 28.2 Å². The van der Waals surface area contributed by atoms with Crippen molar-refractivity contribution in [3.8, 4) is 11.8 Å². The van der Waals surface area contributed by atoms with Crippen LogP contribution in [0.1, 0.15) is 44.8 Å². The molecule has 6 nitrogen and oxygen atoms in total. The van der Waals surface area contributed by atoms with Crippen LogP contribution < -0.4 is 5.32 Å². The zero-order valence-electron chi connectivity index (χ0n) is 14.3. The molecule has 1 amide bonds. The van der Waals surface area contributed by atoms with E-state index in [-0.39, 0.29) is 11.3 Å². The number of fused-ring (bicyclic) bond motifs is 1. The minimum atomic E-state index is -0.774. The smallest absolute Gasteiger partial charge is 0.342 e. The molecule has 0 unspecified atom stereocenters. The summed E-state index contributed by atoms with van der Waals surface area (Å²) in [5.41, 5.74) is 2.36. The van der Waals surface area contributed by atoms with Gasteiger partial charge in [0.1, 0.15) is 22.4 Å². The molecule has 0 saturated heterocycles. The van der Waals surface area contributed by atoms with Gasteiger partial charge in [-0.25, -0.2) is 4.79 Å². The van der Waals surface area contributed by atoms with Crippen molar-refractivity contribution in [3.05, 3.63) is 45.3 Å². The molecule has 3 rings (SSSR count). The van der Waals surface area contributed by atoms with Gasteiger partial charge in [0.05, 0.1) is 5.56 Å². The fourth-order valence-electron chi connectivity index (χ4n) is 2.96. The van der Waals surface area contributed by atoms with Crippen LogP contribution in [-0.4, -0.2) is 23.6 Å². The number of esters is 1. The SMILES string of the molecule is Cc1ccc(C(=O)OCC(=O)Nc2sc3c(c2C#N)CCCC3)c(O)c1. The Labute approximate surface area is 155 Å². The highest BCUT2D eigenvalue weighted by atomic mass is 32.1. The van der Waals surface area contributed by atoms with Gasteiger partial charge in [0.25, 0.3) is 5.91 Å². The maximum Gasteiger partial charge on any atom is 0.342 e. The molecule has 7 heteroatoms. The van der Waals surface area contributed by atoms with Gasteiger partial charge in [-0.05, 0) is 55.9 Å². The van der Waals surface area contributed by atoms with E-state index in [4.69, 9.17) is 4.74 Å². The maximum atomic E-state index is 12.1. The monoisotopic (exact) mass is 370 g/mol. The van der Waals surface area contributed by atoms with Crippen molar-refractivity contribution in [3.63, 3.8) is 0 Å². The molecule has 134 valence electrons. The summed E-state index contributed by atoms with van der Waals surface area (Å²) in [6, 6.07) is 6.74. The molecule has 1 aliphatic carbocycles. The number of aromatic hydroxyl groups is 1. The Bertz CT molecular complexity index is 911. The highest BCUT2D eigenvalue weighted by molar-refractivity contribution is 7.16. The molecule has 0 spiro atoms. The number of hydrogen-bond acceptors (Lipinski definition) is 6. The van der Waals surface area contributed by atoms with Crippen LogP contribution in [0, 0.1) is 18.3 Å². The van der Waals surface area contributed by atoms with Crippen LogP contribution in [0.3, 0.4) is 0 Å². The van der Waals surface area contributed by atoms with Crippen LogP contribution >= 0.6 is 11.3 Å². The number of nitriles is 1. The predicted molar refractivity (Wildman–Crippen MR) is 97.4 cm³/mol. The van der Waals surface area contributed by atoms with Crippen molar-refractivity contribution in [1.82, 2.24) is 0 Å². The molecule has 2 N–H and O–H groups in total. The fourth-order valence-corrected chi connectivity index (χ4v) is 4.21. The third-order valence-electron chi connectivity index (χ3n) is 4.24. The predicted octanol–water partition coefficient (Wildman–Crippen LogP) is 3.31. The van der Waals surface area contributed by atoms with Gasteiger partial charge in [0.15, 0.2) is 6.61 Å². The van der Waals surface area contributed by atoms with Crippen LogP contribution in [0.2, 0.25) is 0 Å². The molecule has 1 aliphatic rings. The first-order valence-corrected chi connectivity index (χ1v) is 9.12. The molecule has 26 heavy (non-hydrogen) atoms. The van der Waals surface area contributed by atoms with Crippen LogP contribution in [0.25, 0.3) is 0 Å². The largest absolute Gasteiger partial charge is 0.507 e. The Kier molecular flexibility index (Phi) is 5.24. The zero-order chi connectivity index (χ0) is 18.7. The number of thiophene rings is 1. The molecule has 0 saturated carbocycles. The molecule has 0 bridgehead atoms. The summed E-state index contributed by atoms with van der Waals surface area (Å²) in [4.78, 5) is 25.3. The van der Waals surface area contributed by atoms with E-state index in [1.54, 1.807) is 13.0 Å². The Hall–Kier alpha value is -2.85. The second kappa shape index (κ2) is 7.58. The molecule has 1 heterocycles. The van der Waals surface area contributed by atoms with Gasteiger partial charge in [0, 0.05) is 4.88 Å². The topological polar surface area (TPSA) is 99.4 Å². The number of carbonyl (C=O) groups is 2. The van der Waals surface area contributed by atoms with Gasteiger partial charge < -0.3 is 15.2 Å². The minimum Gasteiger partial charge on any atom is -0.507 e. The minimum absolute atomic E-state index is 0.00713. The number of anilines is 1. The number of carbonyl (C=O) groups excluding carboxylic acids is 2. The lowest BCUT2D eigenvalue weighted by Crippen LogP contribution is -2.21. The number of nitrogens with zero attached hydrogens (tertiary/aromatic N) is 1. The number of amides is 1.